The molecule has 7 heteroatoms. The Hall–Kier alpha value is -1.08. The molecule has 0 saturated carbocycles. The molecule has 5 nitrogen and oxygen atoms in total. The van der Waals surface area contributed by atoms with E-state index in [2.05, 4.69) is 10.5 Å². The molecular weight excluding hydrogens is 284 g/mol. The third kappa shape index (κ3) is 2.76. The lowest BCUT2D eigenvalue weighted by atomic mass is 10.1. The molecule has 2 rings (SSSR count). The van der Waals surface area contributed by atoms with Gasteiger partial charge in [-0.15, -0.1) is 11.3 Å². The fraction of sp³-hybridized carbons (Fsp3) is 0.417. The predicted octanol–water partition coefficient (Wildman–Crippen LogP) is 2.20. The number of halogens is 1. The van der Waals surface area contributed by atoms with Crippen molar-refractivity contribution in [2.75, 3.05) is 7.11 Å². The van der Waals surface area contributed by atoms with Crippen LogP contribution in [0.3, 0.4) is 0 Å². The Morgan fingerprint density at radius 3 is 2.89 bits per heavy atom. The van der Waals surface area contributed by atoms with E-state index < -0.39 is 0 Å². The molecule has 104 valence electrons. The number of aryl methyl sites for hydroxylation is 2. The molecule has 0 aromatic carbocycles. The van der Waals surface area contributed by atoms with E-state index in [1.54, 1.807) is 23.1 Å². The molecule has 0 radical (unpaired) electrons. The third-order valence-corrected chi connectivity index (χ3v) is 4.56. The smallest absolute Gasteiger partial charge is 0.134 e. The van der Waals surface area contributed by atoms with Crippen molar-refractivity contribution in [2.24, 2.45) is 12.9 Å². The van der Waals surface area contributed by atoms with E-state index in [-0.39, 0.29) is 6.04 Å². The highest BCUT2D eigenvalue weighted by Gasteiger charge is 2.21. The van der Waals surface area contributed by atoms with Crippen LogP contribution < -0.4 is 16.0 Å². The van der Waals surface area contributed by atoms with Gasteiger partial charge in [-0.3, -0.25) is 16.0 Å². The van der Waals surface area contributed by atoms with Gasteiger partial charge >= 0.3 is 0 Å². The Morgan fingerprint density at radius 1 is 1.63 bits per heavy atom. The van der Waals surface area contributed by atoms with Gasteiger partial charge in [0.05, 0.1) is 34.4 Å². The van der Waals surface area contributed by atoms with Crippen LogP contribution in [0, 0.1) is 6.92 Å². The summed E-state index contributed by atoms with van der Waals surface area (Å²) in [5.74, 6) is 6.51. The van der Waals surface area contributed by atoms with E-state index in [9.17, 15) is 0 Å². The van der Waals surface area contributed by atoms with Gasteiger partial charge in [0.25, 0.3) is 0 Å². The van der Waals surface area contributed by atoms with Crippen LogP contribution in [0.4, 0.5) is 0 Å². The summed E-state index contributed by atoms with van der Waals surface area (Å²) in [7, 11) is 3.54. The Morgan fingerprint density at radius 2 is 2.37 bits per heavy atom. The van der Waals surface area contributed by atoms with Gasteiger partial charge in [0.2, 0.25) is 0 Å². The average molecular weight is 301 g/mol. The molecule has 2 aromatic rings. The van der Waals surface area contributed by atoms with Gasteiger partial charge in [0.15, 0.2) is 0 Å². The Balaban J connectivity index is 2.29. The summed E-state index contributed by atoms with van der Waals surface area (Å²) < 4.78 is 7.12. The monoisotopic (exact) mass is 300 g/mol. The van der Waals surface area contributed by atoms with Gasteiger partial charge in [0.1, 0.15) is 5.75 Å². The SMILES string of the molecule is COc1ccsc1C(Cc1c(Cl)c(C)nn1C)NN. The molecule has 0 saturated heterocycles. The number of rotatable bonds is 5. The van der Waals surface area contributed by atoms with Gasteiger partial charge in [-0.05, 0) is 18.4 Å². The molecule has 0 amide bonds. The molecule has 2 heterocycles. The second-order valence-electron chi connectivity index (χ2n) is 4.25. The molecule has 19 heavy (non-hydrogen) atoms. The number of aromatic nitrogens is 2. The lowest BCUT2D eigenvalue weighted by Gasteiger charge is -2.16. The second-order valence-corrected chi connectivity index (χ2v) is 5.57. The van der Waals surface area contributed by atoms with Crippen LogP contribution in [0.15, 0.2) is 11.4 Å². The maximum absolute atomic E-state index is 6.27. The van der Waals surface area contributed by atoms with E-state index >= 15 is 0 Å². The largest absolute Gasteiger partial charge is 0.496 e. The number of hydrogen-bond acceptors (Lipinski definition) is 5. The van der Waals surface area contributed by atoms with Crippen molar-refractivity contribution in [2.45, 2.75) is 19.4 Å². The first-order valence-electron chi connectivity index (χ1n) is 5.84. The zero-order valence-electron chi connectivity index (χ0n) is 11.1. The normalized spacial score (nSPS) is 12.7. The number of thiophene rings is 1. The maximum Gasteiger partial charge on any atom is 0.134 e. The summed E-state index contributed by atoms with van der Waals surface area (Å²) in [6.45, 7) is 1.89. The van der Waals surface area contributed by atoms with Gasteiger partial charge < -0.3 is 4.74 Å². The van der Waals surface area contributed by atoms with Crippen molar-refractivity contribution >= 4 is 22.9 Å². The number of nitrogens with zero attached hydrogens (tertiary/aromatic N) is 2. The standard InChI is InChI=1S/C12H17ClN4OS/c1-7-11(13)9(17(2)16-7)6-8(15-14)12-10(18-3)4-5-19-12/h4-5,8,15H,6,14H2,1-3H3. The first-order chi connectivity index (χ1) is 9.08. The first-order valence-corrected chi connectivity index (χ1v) is 7.09. The zero-order chi connectivity index (χ0) is 14.0. The Kier molecular flexibility index (Phi) is 4.46. The van der Waals surface area contributed by atoms with Crippen molar-refractivity contribution in [1.29, 1.82) is 0 Å². The molecule has 0 aliphatic heterocycles. The molecule has 0 fully saturated rings. The van der Waals surface area contributed by atoms with Gasteiger partial charge in [-0.2, -0.15) is 5.10 Å². The first kappa shape index (κ1) is 14.3. The van der Waals surface area contributed by atoms with Gasteiger partial charge in [0, 0.05) is 13.5 Å². The number of methoxy groups -OCH3 is 1. The summed E-state index contributed by atoms with van der Waals surface area (Å²) >= 11 is 7.87. The second kappa shape index (κ2) is 5.92. The highest BCUT2D eigenvalue weighted by molar-refractivity contribution is 7.10. The van der Waals surface area contributed by atoms with Crippen LogP contribution >= 0.6 is 22.9 Å². The van der Waals surface area contributed by atoms with E-state index in [4.69, 9.17) is 22.2 Å². The summed E-state index contributed by atoms with van der Waals surface area (Å²) in [6, 6.07) is 1.88. The molecular formula is C12H17ClN4OS. The molecule has 3 N–H and O–H groups in total. The summed E-state index contributed by atoms with van der Waals surface area (Å²) in [5, 5.41) is 6.98. The average Bonchev–Trinajstić information content (AvgIpc) is 2.95. The number of hydrogen-bond donors (Lipinski definition) is 2. The van der Waals surface area contributed by atoms with Crippen molar-refractivity contribution in [3.63, 3.8) is 0 Å². The van der Waals surface area contributed by atoms with Crippen LogP contribution in [0.1, 0.15) is 22.3 Å². The highest BCUT2D eigenvalue weighted by Crippen LogP contribution is 2.33. The van der Waals surface area contributed by atoms with Crippen LogP contribution in [0.2, 0.25) is 5.02 Å². The van der Waals surface area contributed by atoms with Crippen molar-refractivity contribution in [3.8, 4) is 5.75 Å². The van der Waals surface area contributed by atoms with Gasteiger partial charge in [-0.25, -0.2) is 0 Å². The topological polar surface area (TPSA) is 65.1 Å². The molecule has 0 spiro atoms. The molecule has 0 aliphatic carbocycles. The van der Waals surface area contributed by atoms with Crippen LogP contribution in [0.25, 0.3) is 0 Å². The number of hydrazine groups is 1. The predicted molar refractivity (Wildman–Crippen MR) is 77.6 cm³/mol. The van der Waals surface area contributed by atoms with Crippen LogP contribution in [0.5, 0.6) is 5.75 Å². The van der Waals surface area contributed by atoms with E-state index in [0.29, 0.717) is 11.4 Å². The van der Waals surface area contributed by atoms with Crippen LogP contribution in [-0.2, 0) is 13.5 Å². The summed E-state index contributed by atoms with van der Waals surface area (Å²) in [5.41, 5.74) is 4.61. The third-order valence-electron chi connectivity index (χ3n) is 3.05. The molecule has 0 bridgehead atoms. The maximum atomic E-state index is 6.27. The van der Waals surface area contributed by atoms with E-state index in [1.165, 1.54) is 0 Å². The zero-order valence-corrected chi connectivity index (χ0v) is 12.7. The van der Waals surface area contributed by atoms with E-state index in [1.807, 2.05) is 25.4 Å². The fourth-order valence-corrected chi connectivity index (χ4v) is 3.21. The highest BCUT2D eigenvalue weighted by atomic mass is 35.5. The minimum Gasteiger partial charge on any atom is -0.496 e. The quantitative estimate of drug-likeness (QED) is 0.656. The fourth-order valence-electron chi connectivity index (χ4n) is 2.05. The minimum absolute atomic E-state index is 0.0535. The number of ether oxygens (including phenoxy) is 1. The van der Waals surface area contributed by atoms with Crippen molar-refractivity contribution in [3.05, 3.63) is 32.7 Å². The molecule has 0 aliphatic rings. The van der Waals surface area contributed by atoms with Crippen LogP contribution in [-0.4, -0.2) is 16.9 Å². The molecule has 1 atom stereocenters. The summed E-state index contributed by atoms with van der Waals surface area (Å²) in [4.78, 5) is 1.06. The molecule has 2 aromatic heterocycles. The lowest BCUT2D eigenvalue weighted by molar-refractivity contribution is 0.402. The van der Waals surface area contributed by atoms with E-state index in [0.717, 1.165) is 22.0 Å². The molecule has 1 unspecified atom stereocenters. The Bertz CT molecular complexity index is 566. The van der Waals surface area contributed by atoms with Crippen molar-refractivity contribution < 1.29 is 4.74 Å². The lowest BCUT2D eigenvalue weighted by Crippen LogP contribution is -2.29. The number of nitrogens with one attached hydrogen (secondary N) is 1. The Labute approximate surface area is 121 Å². The van der Waals surface area contributed by atoms with Crippen molar-refractivity contribution in [1.82, 2.24) is 15.2 Å². The summed E-state index contributed by atoms with van der Waals surface area (Å²) in [6.07, 6.45) is 0.656. The number of nitrogens with two attached hydrogens (primary N) is 1. The minimum atomic E-state index is -0.0535. The van der Waals surface area contributed by atoms with Gasteiger partial charge in [-0.1, -0.05) is 11.6 Å².